The summed E-state index contributed by atoms with van der Waals surface area (Å²) in [5, 5.41) is 3.61. The summed E-state index contributed by atoms with van der Waals surface area (Å²) in [4.78, 5) is 14.0. The Morgan fingerprint density at radius 2 is 2.15 bits per heavy atom. The number of nitrogens with one attached hydrogen (secondary N) is 1. The molecule has 0 radical (unpaired) electrons. The molecule has 0 saturated carbocycles. The van der Waals surface area contributed by atoms with Gasteiger partial charge in [0.05, 0.1) is 0 Å². The maximum absolute atomic E-state index is 11.4. The first-order chi connectivity index (χ1) is 9.74. The molecule has 2 aliphatic heterocycles. The summed E-state index contributed by atoms with van der Waals surface area (Å²) in [5.41, 5.74) is 7.07. The number of rotatable bonds is 4. The molecule has 1 aromatic rings. The smallest absolute Gasteiger partial charge is 0.249 e. The second kappa shape index (κ2) is 5.94. The van der Waals surface area contributed by atoms with Gasteiger partial charge in [0.15, 0.2) is 0 Å². The zero-order chi connectivity index (χ0) is 13.9. The standard InChI is InChI=1S/C16H23N3O/c17-16(20)15-6-2-1-4-12(15)11-18-13-7-9-19-8-3-5-14(19)10-13/h1-2,4,6,13-14,18H,3,5,7-11H2,(H2,17,20). The topological polar surface area (TPSA) is 58.4 Å². The predicted molar refractivity (Wildman–Crippen MR) is 79.4 cm³/mol. The monoisotopic (exact) mass is 273 g/mol. The van der Waals surface area contributed by atoms with Crippen LogP contribution in [0.2, 0.25) is 0 Å². The van der Waals surface area contributed by atoms with Gasteiger partial charge in [-0.25, -0.2) is 0 Å². The zero-order valence-corrected chi connectivity index (χ0v) is 11.8. The molecule has 1 amide bonds. The number of carbonyl (C=O) groups is 1. The maximum atomic E-state index is 11.4. The Morgan fingerprint density at radius 3 is 3.00 bits per heavy atom. The molecule has 2 saturated heterocycles. The van der Waals surface area contributed by atoms with Crippen LogP contribution in [0.5, 0.6) is 0 Å². The minimum atomic E-state index is -0.340. The molecule has 3 rings (SSSR count). The molecule has 1 aromatic carbocycles. The number of benzene rings is 1. The first-order valence-corrected chi connectivity index (χ1v) is 7.59. The fraction of sp³-hybridized carbons (Fsp3) is 0.562. The van der Waals surface area contributed by atoms with E-state index in [4.69, 9.17) is 5.73 Å². The maximum Gasteiger partial charge on any atom is 0.249 e. The minimum absolute atomic E-state index is 0.340. The van der Waals surface area contributed by atoms with Gasteiger partial charge in [-0.05, 0) is 50.4 Å². The normalized spacial score (nSPS) is 26.4. The fourth-order valence-electron chi connectivity index (χ4n) is 3.58. The van der Waals surface area contributed by atoms with Crippen molar-refractivity contribution in [2.24, 2.45) is 5.73 Å². The molecule has 2 fully saturated rings. The molecule has 0 aromatic heterocycles. The van der Waals surface area contributed by atoms with Crippen molar-refractivity contribution < 1.29 is 4.79 Å². The third kappa shape index (κ3) is 2.86. The van der Waals surface area contributed by atoms with Crippen molar-refractivity contribution >= 4 is 5.91 Å². The number of nitrogens with zero attached hydrogens (tertiary/aromatic N) is 1. The summed E-state index contributed by atoms with van der Waals surface area (Å²) in [6.45, 7) is 3.22. The van der Waals surface area contributed by atoms with Crippen LogP contribution in [0.25, 0.3) is 0 Å². The van der Waals surface area contributed by atoms with E-state index < -0.39 is 0 Å². The van der Waals surface area contributed by atoms with E-state index in [9.17, 15) is 4.79 Å². The summed E-state index contributed by atoms with van der Waals surface area (Å²) >= 11 is 0. The summed E-state index contributed by atoms with van der Waals surface area (Å²) in [5.74, 6) is -0.340. The van der Waals surface area contributed by atoms with Gasteiger partial charge in [-0.3, -0.25) is 4.79 Å². The highest BCUT2D eigenvalue weighted by Crippen LogP contribution is 2.27. The van der Waals surface area contributed by atoms with E-state index in [2.05, 4.69) is 10.2 Å². The van der Waals surface area contributed by atoms with Gasteiger partial charge in [0.2, 0.25) is 5.91 Å². The first-order valence-electron chi connectivity index (χ1n) is 7.59. The third-order valence-electron chi connectivity index (χ3n) is 4.68. The van der Waals surface area contributed by atoms with Crippen molar-refractivity contribution in [1.29, 1.82) is 0 Å². The number of carbonyl (C=O) groups excluding carboxylic acids is 1. The van der Waals surface area contributed by atoms with Crippen LogP contribution >= 0.6 is 0 Å². The lowest BCUT2D eigenvalue weighted by Crippen LogP contribution is -2.45. The van der Waals surface area contributed by atoms with Gasteiger partial charge in [0, 0.05) is 24.2 Å². The largest absolute Gasteiger partial charge is 0.366 e. The lowest BCUT2D eigenvalue weighted by atomic mass is 9.97. The predicted octanol–water partition coefficient (Wildman–Crippen LogP) is 1.50. The molecule has 3 N–H and O–H groups in total. The van der Waals surface area contributed by atoms with Gasteiger partial charge < -0.3 is 16.0 Å². The van der Waals surface area contributed by atoms with Gasteiger partial charge in [-0.15, -0.1) is 0 Å². The van der Waals surface area contributed by atoms with Crippen molar-refractivity contribution in [3.05, 3.63) is 35.4 Å². The molecule has 2 atom stereocenters. The number of hydrogen-bond acceptors (Lipinski definition) is 3. The molecule has 20 heavy (non-hydrogen) atoms. The van der Waals surface area contributed by atoms with E-state index in [1.165, 1.54) is 38.8 Å². The van der Waals surface area contributed by atoms with E-state index in [1.807, 2.05) is 18.2 Å². The lowest BCUT2D eigenvalue weighted by molar-refractivity contribution is 0.0999. The summed E-state index contributed by atoms with van der Waals surface area (Å²) in [7, 11) is 0. The van der Waals surface area contributed by atoms with E-state index in [1.54, 1.807) is 6.07 Å². The fourth-order valence-corrected chi connectivity index (χ4v) is 3.58. The molecule has 4 heteroatoms. The minimum Gasteiger partial charge on any atom is -0.366 e. The SMILES string of the molecule is NC(=O)c1ccccc1CNC1CCN2CCCC2C1. The molecule has 2 unspecified atom stereocenters. The number of nitrogens with two attached hydrogens (primary N) is 1. The highest BCUT2D eigenvalue weighted by Gasteiger charge is 2.31. The van der Waals surface area contributed by atoms with E-state index in [0.29, 0.717) is 11.6 Å². The molecule has 4 nitrogen and oxygen atoms in total. The van der Waals surface area contributed by atoms with Crippen LogP contribution in [0.15, 0.2) is 24.3 Å². The Bertz CT molecular complexity index is 488. The zero-order valence-electron chi connectivity index (χ0n) is 11.8. The molecule has 0 spiro atoms. The van der Waals surface area contributed by atoms with Crippen LogP contribution in [0, 0.1) is 0 Å². The quantitative estimate of drug-likeness (QED) is 0.874. The second-order valence-electron chi connectivity index (χ2n) is 5.96. The van der Waals surface area contributed by atoms with Crippen LogP contribution in [-0.2, 0) is 6.54 Å². The van der Waals surface area contributed by atoms with Crippen molar-refractivity contribution in [2.45, 2.75) is 44.3 Å². The van der Waals surface area contributed by atoms with Crippen LogP contribution < -0.4 is 11.1 Å². The molecule has 0 aliphatic carbocycles. The summed E-state index contributed by atoms with van der Waals surface area (Å²) in [6, 6.07) is 8.95. The Labute approximate surface area is 120 Å². The Hall–Kier alpha value is -1.39. The lowest BCUT2D eigenvalue weighted by Gasteiger charge is -2.35. The van der Waals surface area contributed by atoms with E-state index >= 15 is 0 Å². The molecule has 2 aliphatic rings. The highest BCUT2D eigenvalue weighted by molar-refractivity contribution is 5.94. The van der Waals surface area contributed by atoms with Crippen molar-refractivity contribution in [3.63, 3.8) is 0 Å². The molecule has 0 bridgehead atoms. The van der Waals surface area contributed by atoms with E-state index in [-0.39, 0.29) is 5.91 Å². The highest BCUT2D eigenvalue weighted by atomic mass is 16.1. The third-order valence-corrected chi connectivity index (χ3v) is 4.68. The van der Waals surface area contributed by atoms with Gasteiger partial charge in [0.1, 0.15) is 0 Å². The molecule has 2 heterocycles. The number of amides is 1. The Kier molecular flexibility index (Phi) is 4.03. The summed E-state index contributed by atoms with van der Waals surface area (Å²) < 4.78 is 0. The van der Waals surface area contributed by atoms with Gasteiger partial charge >= 0.3 is 0 Å². The Balaban J connectivity index is 1.58. The van der Waals surface area contributed by atoms with Crippen LogP contribution in [0.1, 0.15) is 41.6 Å². The van der Waals surface area contributed by atoms with Crippen LogP contribution in [0.3, 0.4) is 0 Å². The number of primary amides is 1. The van der Waals surface area contributed by atoms with Crippen LogP contribution in [0.4, 0.5) is 0 Å². The molecular weight excluding hydrogens is 250 g/mol. The average Bonchev–Trinajstić information content (AvgIpc) is 2.92. The number of piperidine rings is 1. The van der Waals surface area contributed by atoms with Crippen molar-refractivity contribution in [3.8, 4) is 0 Å². The molecular formula is C16H23N3O. The number of hydrogen-bond donors (Lipinski definition) is 2. The van der Waals surface area contributed by atoms with E-state index in [0.717, 1.165) is 18.2 Å². The van der Waals surface area contributed by atoms with Crippen LogP contribution in [-0.4, -0.2) is 36.0 Å². The van der Waals surface area contributed by atoms with Gasteiger partial charge in [-0.2, -0.15) is 0 Å². The Morgan fingerprint density at radius 1 is 1.30 bits per heavy atom. The number of fused-ring (bicyclic) bond motifs is 1. The first kappa shape index (κ1) is 13.6. The average molecular weight is 273 g/mol. The van der Waals surface area contributed by atoms with Crippen molar-refractivity contribution in [1.82, 2.24) is 10.2 Å². The van der Waals surface area contributed by atoms with Gasteiger partial charge in [-0.1, -0.05) is 18.2 Å². The van der Waals surface area contributed by atoms with Gasteiger partial charge in [0.25, 0.3) is 0 Å². The van der Waals surface area contributed by atoms with Crippen molar-refractivity contribution in [2.75, 3.05) is 13.1 Å². The second-order valence-corrected chi connectivity index (χ2v) is 5.96. The summed E-state index contributed by atoms with van der Waals surface area (Å²) in [6.07, 6.45) is 5.13. The molecule has 108 valence electrons.